The fourth-order valence-corrected chi connectivity index (χ4v) is 2.07. The minimum Gasteiger partial charge on any atom is -0.358 e. The highest BCUT2D eigenvalue weighted by Crippen LogP contribution is 2.26. The van der Waals surface area contributed by atoms with Gasteiger partial charge >= 0.3 is 5.82 Å². The number of nitrogens with zero attached hydrogens (tertiary/aromatic N) is 3. The molecule has 0 fully saturated rings. The van der Waals surface area contributed by atoms with Crippen LogP contribution in [-0.2, 0) is 0 Å². The molecule has 72 valence electrons. The fourth-order valence-electron chi connectivity index (χ4n) is 1.17. The van der Waals surface area contributed by atoms with Crippen molar-refractivity contribution in [2.45, 2.75) is 0 Å². The van der Waals surface area contributed by atoms with Gasteiger partial charge in [-0.05, 0) is 22.0 Å². The van der Waals surface area contributed by atoms with E-state index in [1.807, 2.05) is 0 Å². The minimum atomic E-state index is -0.545. The molecule has 0 aromatic carbocycles. The summed E-state index contributed by atoms with van der Waals surface area (Å²) in [4.78, 5) is 13.8. The summed E-state index contributed by atoms with van der Waals surface area (Å²) in [7, 11) is 0. The molecule has 0 aliphatic heterocycles. The number of fused-ring (bicyclic) bond motifs is 1. The van der Waals surface area contributed by atoms with Gasteiger partial charge in [0.2, 0.25) is 0 Å². The third-order valence-corrected chi connectivity index (χ3v) is 2.55. The number of hydrogen-bond donors (Lipinski definition) is 0. The first kappa shape index (κ1) is 9.42. The van der Waals surface area contributed by atoms with E-state index in [0.29, 0.717) is 15.4 Å². The summed E-state index contributed by atoms with van der Waals surface area (Å²) in [6.07, 6.45) is 0. The highest BCUT2D eigenvalue weighted by atomic mass is 79.9. The van der Waals surface area contributed by atoms with Crippen molar-refractivity contribution in [1.82, 2.24) is 9.38 Å². The summed E-state index contributed by atoms with van der Waals surface area (Å²) in [5.41, 5.74) is 0.370. The number of rotatable bonds is 1. The third kappa shape index (κ3) is 1.27. The average Bonchev–Trinajstić information content (AvgIpc) is 2.45. The molecular formula is C7H3BrClN3O2. The van der Waals surface area contributed by atoms with E-state index in [0.717, 1.165) is 0 Å². The van der Waals surface area contributed by atoms with E-state index in [2.05, 4.69) is 20.9 Å². The first-order valence-corrected chi connectivity index (χ1v) is 4.75. The summed E-state index contributed by atoms with van der Waals surface area (Å²) in [6, 6.07) is 4.85. The second-order valence-electron chi connectivity index (χ2n) is 2.53. The number of nitro groups is 1. The number of hydrogen-bond acceptors (Lipinski definition) is 3. The highest BCUT2D eigenvalue weighted by Gasteiger charge is 2.21. The summed E-state index contributed by atoms with van der Waals surface area (Å²) < 4.78 is 1.78. The maximum atomic E-state index is 10.6. The van der Waals surface area contributed by atoms with Gasteiger partial charge in [-0.2, -0.15) is 0 Å². The minimum absolute atomic E-state index is 0.209. The standard InChI is InChI=1S/C7H3BrClN3O2/c8-7-10-6(12(13)14)4-2-1-3-5(9)11(4)7/h1-3H. The molecule has 2 heterocycles. The molecule has 0 aliphatic carbocycles. The van der Waals surface area contributed by atoms with Crippen molar-refractivity contribution in [3.8, 4) is 0 Å². The van der Waals surface area contributed by atoms with E-state index in [9.17, 15) is 10.1 Å². The lowest BCUT2D eigenvalue weighted by molar-refractivity contribution is -0.387. The van der Waals surface area contributed by atoms with Gasteiger partial charge in [0.05, 0.1) is 0 Å². The molecule has 0 bridgehead atoms. The first-order valence-electron chi connectivity index (χ1n) is 3.58. The van der Waals surface area contributed by atoms with Gasteiger partial charge in [-0.25, -0.2) is 4.40 Å². The maximum Gasteiger partial charge on any atom is 0.390 e. The van der Waals surface area contributed by atoms with E-state index in [4.69, 9.17) is 11.6 Å². The van der Waals surface area contributed by atoms with Crippen molar-refractivity contribution in [3.05, 3.63) is 38.2 Å². The highest BCUT2D eigenvalue weighted by molar-refractivity contribution is 9.10. The molecule has 0 unspecified atom stereocenters. The number of pyridine rings is 1. The topological polar surface area (TPSA) is 60.4 Å². The number of halogens is 2. The Morgan fingerprint density at radius 3 is 2.93 bits per heavy atom. The quantitative estimate of drug-likeness (QED) is 0.457. The van der Waals surface area contributed by atoms with Crippen LogP contribution in [0.3, 0.4) is 0 Å². The van der Waals surface area contributed by atoms with Gasteiger partial charge < -0.3 is 10.1 Å². The summed E-state index contributed by atoms with van der Waals surface area (Å²) in [6.45, 7) is 0. The Bertz CT molecular complexity index is 525. The molecule has 2 aromatic rings. The van der Waals surface area contributed by atoms with Crippen molar-refractivity contribution in [2.75, 3.05) is 0 Å². The predicted molar refractivity (Wildman–Crippen MR) is 54.6 cm³/mol. The lowest BCUT2D eigenvalue weighted by Crippen LogP contribution is -1.89. The van der Waals surface area contributed by atoms with Gasteiger partial charge in [-0.3, -0.25) is 0 Å². The molecule has 0 spiro atoms. The van der Waals surface area contributed by atoms with Crippen molar-refractivity contribution in [1.29, 1.82) is 0 Å². The largest absolute Gasteiger partial charge is 0.390 e. The molecule has 0 aliphatic rings. The van der Waals surface area contributed by atoms with Crippen molar-refractivity contribution >= 4 is 38.9 Å². The van der Waals surface area contributed by atoms with Gasteiger partial charge in [0.15, 0.2) is 0 Å². The molecule has 14 heavy (non-hydrogen) atoms. The van der Waals surface area contributed by atoms with E-state index >= 15 is 0 Å². The van der Waals surface area contributed by atoms with E-state index < -0.39 is 4.92 Å². The Morgan fingerprint density at radius 2 is 2.29 bits per heavy atom. The molecule has 2 aromatic heterocycles. The molecule has 0 amide bonds. The van der Waals surface area contributed by atoms with Gasteiger partial charge in [-0.1, -0.05) is 17.7 Å². The summed E-state index contributed by atoms with van der Waals surface area (Å²) >= 11 is 8.95. The van der Waals surface area contributed by atoms with E-state index in [-0.39, 0.29) is 5.82 Å². The molecule has 0 saturated carbocycles. The second-order valence-corrected chi connectivity index (χ2v) is 3.63. The Morgan fingerprint density at radius 1 is 1.57 bits per heavy atom. The Hall–Kier alpha value is -1.14. The molecule has 5 nitrogen and oxygen atoms in total. The van der Waals surface area contributed by atoms with Crippen LogP contribution >= 0.6 is 27.5 Å². The van der Waals surface area contributed by atoms with Crippen molar-refractivity contribution < 1.29 is 4.92 Å². The van der Waals surface area contributed by atoms with Crippen LogP contribution in [0.2, 0.25) is 5.15 Å². The van der Waals surface area contributed by atoms with Crippen LogP contribution < -0.4 is 0 Å². The Balaban J connectivity index is 2.91. The van der Waals surface area contributed by atoms with Crippen LogP contribution in [0, 0.1) is 10.1 Å². The van der Waals surface area contributed by atoms with E-state index in [1.165, 1.54) is 4.40 Å². The van der Waals surface area contributed by atoms with Crippen LogP contribution in [0.25, 0.3) is 5.52 Å². The summed E-state index contributed by atoms with van der Waals surface area (Å²) in [5.74, 6) is -0.209. The Kier molecular flexibility index (Phi) is 2.16. The zero-order valence-corrected chi connectivity index (χ0v) is 8.99. The third-order valence-electron chi connectivity index (χ3n) is 1.73. The SMILES string of the molecule is O=[N+]([O-])c1nc(Br)n2c(Cl)cccc12. The molecule has 0 radical (unpaired) electrons. The van der Waals surface area contributed by atoms with Gasteiger partial charge in [0.1, 0.15) is 10.7 Å². The molecular weight excluding hydrogens is 273 g/mol. The van der Waals surface area contributed by atoms with Crippen LogP contribution in [-0.4, -0.2) is 14.3 Å². The van der Waals surface area contributed by atoms with Gasteiger partial charge in [0, 0.05) is 15.9 Å². The fraction of sp³-hybridized carbons (Fsp3) is 0. The van der Waals surface area contributed by atoms with E-state index in [1.54, 1.807) is 18.2 Å². The smallest absolute Gasteiger partial charge is 0.358 e. The monoisotopic (exact) mass is 275 g/mol. The zero-order chi connectivity index (χ0) is 10.3. The van der Waals surface area contributed by atoms with Crippen molar-refractivity contribution in [3.63, 3.8) is 0 Å². The van der Waals surface area contributed by atoms with Gasteiger partial charge in [0.25, 0.3) is 4.73 Å². The van der Waals surface area contributed by atoms with Crippen LogP contribution in [0.5, 0.6) is 0 Å². The first-order chi connectivity index (χ1) is 6.61. The lowest BCUT2D eigenvalue weighted by atomic mass is 10.4. The summed E-state index contributed by atoms with van der Waals surface area (Å²) in [5, 5.41) is 11.0. The van der Waals surface area contributed by atoms with Crippen LogP contribution in [0.4, 0.5) is 5.82 Å². The average molecular weight is 276 g/mol. The molecule has 0 saturated heterocycles. The zero-order valence-electron chi connectivity index (χ0n) is 6.65. The molecule has 2 rings (SSSR count). The van der Waals surface area contributed by atoms with Crippen molar-refractivity contribution in [2.24, 2.45) is 0 Å². The lowest BCUT2D eigenvalue weighted by Gasteiger charge is -1.95. The predicted octanol–water partition coefficient (Wildman–Crippen LogP) is 2.66. The van der Waals surface area contributed by atoms with Crippen LogP contribution in [0.15, 0.2) is 22.9 Å². The number of aromatic nitrogens is 2. The normalized spacial score (nSPS) is 10.7. The second kappa shape index (κ2) is 3.21. The molecule has 0 atom stereocenters. The maximum absolute atomic E-state index is 10.6. The molecule has 0 N–H and O–H groups in total. The Labute approximate surface area is 91.6 Å². The van der Waals surface area contributed by atoms with Crippen LogP contribution in [0.1, 0.15) is 0 Å². The van der Waals surface area contributed by atoms with Gasteiger partial charge in [-0.15, -0.1) is 0 Å². The molecule has 7 heteroatoms. The number of imidazole rings is 1.